The van der Waals surface area contributed by atoms with Crippen molar-refractivity contribution in [3.05, 3.63) is 54.6 Å². The molecule has 0 aliphatic rings. The van der Waals surface area contributed by atoms with E-state index >= 15 is 0 Å². The van der Waals surface area contributed by atoms with Gasteiger partial charge in [0, 0.05) is 12.1 Å². The third kappa shape index (κ3) is 6.98. The summed E-state index contributed by atoms with van der Waals surface area (Å²) in [6, 6.07) is 14.4. The summed E-state index contributed by atoms with van der Waals surface area (Å²) < 4.78 is 29.7. The van der Waals surface area contributed by atoms with Crippen LogP contribution in [0.1, 0.15) is 20.8 Å². The van der Waals surface area contributed by atoms with Crippen LogP contribution >= 0.6 is 7.75 Å². The van der Waals surface area contributed by atoms with Crippen LogP contribution in [0.5, 0.6) is 11.5 Å². The zero-order valence-electron chi connectivity index (χ0n) is 16.3. The summed E-state index contributed by atoms with van der Waals surface area (Å²) in [6.45, 7) is 5.01. The molecule has 0 aromatic heterocycles. The number of rotatable bonds is 10. The average molecular weight is 409 g/mol. The summed E-state index contributed by atoms with van der Waals surface area (Å²) in [5.74, 6) is 0.0945. The van der Waals surface area contributed by atoms with Crippen LogP contribution in [-0.2, 0) is 18.9 Å². The zero-order valence-corrected chi connectivity index (χ0v) is 17.2. The van der Waals surface area contributed by atoms with Gasteiger partial charge in [0.2, 0.25) is 0 Å². The Bertz CT molecular complexity index is 798. The second kappa shape index (κ2) is 10.2. The Morgan fingerprint density at radius 2 is 1.54 bits per heavy atom. The van der Waals surface area contributed by atoms with Gasteiger partial charge < -0.3 is 13.8 Å². The van der Waals surface area contributed by atoms with E-state index in [0.29, 0.717) is 11.5 Å². The highest BCUT2D eigenvalue weighted by molar-refractivity contribution is 7.52. The second-order valence-electron chi connectivity index (χ2n) is 6.25. The quantitative estimate of drug-likeness (QED) is 0.269. The topological polar surface area (TPSA) is 99.7 Å². The molecule has 0 bridgehead atoms. The number of carbonyl (C=O) groups is 1. The SMILES string of the molecule is CO[NH2+]c1ccc(O[P@](=O)(N[C@@H](C)C(=O)OC(C)C)Oc2ccccc2)cc1. The largest absolute Gasteiger partial charge is 0.513 e. The number of quaternary nitrogens is 1. The molecule has 2 atom stereocenters. The first-order chi connectivity index (χ1) is 13.3. The minimum atomic E-state index is -3.94. The fourth-order valence-electron chi connectivity index (χ4n) is 2.20. The molecular formula is C19H26N2O6P+. The number of hydrogen-bond donors (Lipinski definition) is 2. The number of benzene rings is 2. The molecule has 2 rings (SSSR count). The van der Waals surface area contributed by atoms with Crippen LogP contribution in [0, 0.1) is 0 Å². The molecule has 0 amide bonds. The van der Waals surface area contributed by atoms with Crippen LogP contribution < -0.4 is 19.6 Å². The number of esters is 1. The van der Waals surface area contributed by atoms with Gasteiger partial charge in [0.15, 0.2) is 5.69 Å². The van der Waals surface area contributed by atoms with E-state index in [1.165, 1.54) is 6.92 Å². The maximum atomic E-state index is 13.4. The van der Waals surface area contributed by atoms with Crippen LogP contribution in [0.3, 0.4) is 0 Å². The van der Waals surface area contributed by atoms with Crippen molar-refractivity contribution in [2.24, 2.45) is 0 Å². The molecule has 0 fully saturated rings. The Kier molecular flexibility index (Phi) is 8.02. The maximum Gasteiger partial charge on any atom is 0.513 e. The van der Waals surface area contributed by atoms with Crippen molar-refractivity contribution in [2.75, 3.05) is 7.11 Å². The molecule has 8 nitrogen and oxygen atoms in total. The number of nitrogens with one attached hydrogen (secondary N) is 1. The van der Waals surface area contributed by atoms with Crippen LogP contribution in [0.2, 0.25) is 0 Å². The standard InChI is InChI=1S/C19H25N2O6P/c1-14(2)25-19(22)15(3)21-28(23,26-17-8-6-5-7-9-17)27-18-12-10-16(11-13-18)20-24-4/h5-15,20H,1-4H3,(H,21,23)/p+1/t15-,28-/m0/s1. The Balaban J connectivity index is 2.20. The molecule has 0 saturated heterocycles. The molecule has 0 aliphatic heterocycles. The van der Waals surface area contributed by atoms with Crippen LogP contribution in [0.4, 0.5) is 5.69 Å². The van der Waals surface area contributed by atoms with E-state index in [1.54, 1.807) is 81.0 Å². The Labute approximate surface area is 164 Å². The van der Waals surface area contributed by atoms with Gasteiger partial charge in [0.25, 0.3) is 0 Å². The van der Waals surface area contributed by atoms with Crippen molar-refractivity contribution in [1.29, 1.82) is 0 Å². The molecular weight excluding hydrogens is 383 g/mol. The molecule has 0 spiro atoms. The molecule has 0 unspecified atom stereocenters. The molecule has 0 heterocycles. The molecule has 0 aliphatic carbocycles. The van der Waals surface area contributed by atoms with Crippen LogP contribution in [0.15, 0.2) is 54.6 Å². The first-order valence-electron chi connectivity index (χ1n) is 8.80. The fourth-order valence-corrected chi connectivity index (χ4v) is 3.72. The van der Waals surface area contributed by atoms with E-state index < -0.39 is 19.8 Å². The van der Waals surface area contributed by atoms with Crippen molar-refractivity contribution in [3.8, 4) is 11.5 Å². The molecule has 0 radical (unpaired) electrons. The summed E-state index contributed by atoms with van der Waals surface area (Å²) in [6.07, 6.45) is -0.295. The van der Waals surface area contributed by atoms with Gasteiger partial charge in [-0.15, -0.1) is 0 Å². The lowest BCUT2D eigenvalue weighted by molar-refractivity contribution is -0.830. The van der Waals surface area contributed by atoms with Gasteiger partial charge in [0.1, 0.15) is 17.5 Å². The number of ether oxygens (including phenoxy) is 1. The molecule has 3 N–H and O–H groups in total. The maximum absolute atomic E-state index is 13.4. The van der Waals surface area contributed by atoms with E-state index in [1.807, 2.05) is 0 Å². The Morgan fingerprint density at radius 1 is 0.964 bits per heavy atom. The van der Waals surface area contributed by atoms with Gasteiger partial charge in [-0.3, -0.25) is 4.79 Å². The van der Waals surface area contributed by atoms with Crippen LogP contribution in [-0.4, -0.2) is 25.2 Å². The summed E-state index contributed by atoms with van der Waals surface area (Å²) >= 11 is 0. The molecule has 2 aromatic carbocycles. The van der Waals surface area contributed by atoms with Crippen molar-refractivity contribution in [1.82, 2.24) is 5.09 Å². The van der Waals surface area contributed by atoms with E-state index in [0.717, 1.165) is 5.69 Å². The fraction of sp³-hybridized carbons (Fsp3) is 0.316. The molecule has 9 heteroatoms. The van der Waals surface area contributed by atoms with Crippen molar-refractivity contribution in [2.45, 2.75) is 32.9 Å². The molecule has 28 heavy (non-hydrogen) atoms. The highest BCUT2D eigenvalue weighted by Crippen LogP contribution is 2.45. The monoisotopic (exact) mass is 409 g/mol. The normalized spacial score (nSPS) is 14.2. The van der Waals surface area contributed by atoms with Gasteiger partial charge in [-0.05, 0) is 45.0 Å². The Hall–Kier alpha value is -2.38. The minimum absolute atomic E-state index is 0.295. The summed E-state index contributed by atoms with van der Waals surface area (Å²) in [7, 11) is -2.39. The van der Waals surface area contributed by atoms with Gasteiger partial charge >= 0.3 is 13.7 Å². The zero-order chi connectivity index (χ0) is 20.6. The third-order valence-electron chi connectivity index (χ3n) is 3.39. The minimum Gasteiger partial charge on any atom is -0.462 e. The highest BCUT2D eigenvalue weighted by atomic mass is 31.2. The molecule has 0 saturated carbocycles. The smallest absolute Gasteiger partial charge is 0.462 e. The number of para-hydroxylation sites is 1. The van der Waals surface area contributed by atoms with Gasteiger partial charge in [-0.1, -0.05) is 18.2 Å². The lowest BCUT2D eigenvalue weighted by atomic mass is 10.3. The molecule has 152 valence electrons. The predicted molar refractivity (Wildman–Crippen MR) is 104 cm³/mol. The lowest BCUT2D eigenvalue weighted by Gasteiger charge is -2.23. The number of carbonyl (C=O) groups excluding carboxylic acids is 1. The van der Waals surface area contributed by atoms with Gasteiger partial charge in [0.05, 0.1) is 13.2 Å². The highest BCUT2D eigenvalue weighted by Gasteiger charge is 2.34. The summed E-state index contributed by atoms with van der Waals surface area (Å²) in [5, 5.41) is 2.64. The predicted octanol–water partition coefficient (Wildman–Crippen LogP) is 2.94. The number of nitrogens with two attached hydrogens (primary N) is 1. The average Bonchev–Trinajstić information content (AvgIpc) is 2.63. The van der Waals surface area contributed by atoms with Crippen molar-refractivity contribution >= 4 is 19.4 Å². The van der Waals surface area contributed by atoms with Crippen molar-refractivity contribution in [3.63, 3.8) is 0 Å². The first kappa shape index (κ1) is 21.9. The van der Waals surface area contributed by atoms with Gasteiger partial charge in [-0.25, -0.2) is 9.40 Å². The second-order valence-corrected chi connectivity index (χ2v) is 7.87. The first-order valence-corrected chi connectivity index (χ1v) is 10.3. The van der Waals surface area contributed by atoms with E-state index in [9.17, 15) is 9.36 Å². The van der Waals surface area contributed by atoms with E-state index in [4.69, 9.17) is 18.6 Å². The summed E-state index contributed by atoms with van der Waals surface area (Å²) in [4.78, 5) is 17.1. The lowest BCUT2D eigenvalue weighted by Crippen LogP contribution is -2.75. The number of hydrogen-bond acceptors (Lipinski definition) is 6. The Morgan fingerprint density at radius 3 is 2.07 bits per heavy atom. The van der Waals surface area contributed by atoms with Crippen molar-refractivity contribution < 1.29 is 33.5 Å². The van der Waals surface area contributed by atoms with Gasteiger partial charge in [-0.2, -0.15) is 10.6 Å². The van der Waals surface area contributed by atoms with Crippen LogP contribution in [0.25, 0.3) is 0 Å². The summed E-state index contributed by atoms with van der Waals surface area (Å²) in [5.41, 5.74) is 2.38. The van der Waals surface area contributed by atoms with E-state index in [2.05, 4.69) is 5.09 Å². The third-order valence-corrected chi connectivity index (χ3v) is 4.99. The molecule has 2 aromatic rings. The van der Waals surface area contributed by atoms with E-state index in [-0.39, 0.29) is 6.10 Å².